The molecule has 0 fully saturated rings. The molecule has 11 heteroatoms. The van der Waals surface area contributed by atoms with Gasteiger partial charge in [0, 0.05) is 12.1 Å². The van der Waals surface area contributed by atoms with E-state index in [0.29, 0.717) is 0 Å². The zero-order valence-electron chi connectivity index (χ0n) is 14.6. The molecule has 2 aromatic rings. The molecule has 0 radical (unpaired) electrons. The van der Waals surface area contributed by atoms with E-state index in [1.54, 1.807) is 0 Å². The molecular formula is C17H13N3O8. The van der Waals surface area contributed by atoms with Crippen molar-refractivity contribution in [3.05, 3.63) is 62.2 Å². The third-order valence-corrected chi connectivity index (χ3v) is 3.49. The molecule has 1 unspecified atom stereocenters. The fourth-order valence-corrected chi connectivity index (χ4v) is 2.14. The Hall–Kier alpha value is -4.20. The zero-order valence-corrected chi connectivity index (χ0v) is 14.6. The van der Waals surface area contributed by atoms with E-state index >= 15 is 0 Å². The first-order chi connectivity index (χ1) is 13.3. The summed E-state index contributed by atoms with van der Waals surface area (Å²) < 4.78 is 15.4. The van der Waals surface area contributed by atoms with Crippen LogP contribution >= 0.6 is 0 Å². The lowest BCUT2D eigenvalue weighted by atomic mass is 10.2. The van der Waals surface area contributed by atoms with Crippen LogP contribution in [0, 0.1) is 31.6 Å². The molecular weight excluding hydrogens is 374 g/mol. The molecule has 2 aromatic carbocycles. The molecule has 0 saturated heterocycles. The lowest BCUT2D eigenvalue weighted by molar-refractivity contribution is -0.394. The molecule has 0 spiro atoms. The van der Waals surface area contributed by atoms with Crippen LogP contribution in [0.3, 0.4) is 0 Å². The Morgan fingerprint density at radius 2 is 1.82 bits per heavy atom. The number of esters is 1. The van der Waals surface area contributed by atoms with Crippen molar-refractivity contribution >= 4 is 17.3 Å². The summed E-state index contributed by atoms with van der Waals surface area (Å²) in [5.74, 6) is -0.848. The van der Waals surface area contributed by atoms with Crippen LogP contribution in [0.5, 0.6) is 17.2 Å². The van der Waals surface area contributed by atoms with Crippen molar-refractivity contribution in [1.29, 1.82) is 5.26 Å². The van der Waals surface area contributed by atoms with Gasteiger partial charge in [-0.05, 0) is 25.1 Å². The van der Waals surface area contributed by atoms with E-state index in [1.807, 2.05) is 6.07 Å². The largest absolute Gasteiger partial charge is 0.477 e. The summed E-state index contributed by atoms with van der Waals surface area (Å²) in [6, 6.07) is 8.77. The fourth-order valence-electron chi connectivity index (χ4n) is 2.14. The van der Waals surface area contributed by atoms with Crippen LogP contribution in [0.4, 0.5) is 11.4 Å². The summed E-state index contributed by atoms with van der Waals surface area (Å²) in [7, 11) is 1.18. The Morgan fingerprint density at radius 1 is 1.11 bits per heavy atom. The molecule has 0 aliphatic heterocycles. The molecule has 0 aromatic heterocycles. The zero-order chi connectivity index (χ0) is 20.8. The lowest BCUT2D eigenvalue weighted by Gasteiger charge is -2.14. The molecule has 144 valence electrons. The third-order valence-electron chi connectivity index (χ3n) is 3.49. The minimum Gasteiger partial charge on any atom is -0.477 e. The van der Waals surface area contributed by atoms with E-state index in [0.717, 1.165) is 18.2 Å². The Labute approximate surface area is 158 Å². The first kappa shape index (κ1) is 20.1. The summed E-state index contributed by atoms with van der Waals surface area (Å²) in [6.07, 6.45) is -1.01. The third kappa shape index (κ3) is 4.50. The first-order valence-electron chi connectivity index (χ1n) is 7.66. The summed E-state index contributed by atoms with van der Waals surface area (Å²) in [5, 5.41) is 31.2. The van der Waals surface area contributed by atoms with E-state index < -0.39 is 33.3 Å². The highest BCUT2D eigenvalue weighted by Crippen LogP contribution is 2.36. The van der Waals surface area contributed by atoms with Crippen molar-refractivity contribution < 1.29 is 28.9 Å². The summed E-state index contributed by atoms with van der Waals surface area (Å²) in [6.45, 7) is 1.42. The van der Waals surface area contributed by atoms with Gasteiger partial charge < -0.3 is 14.2 Å². The van der Waals surface area contributed by atoms with Crippen LogP contribution < -0.4 is 9.47 Å². The Balaban J connectivity index is 2.38. The van der Waals surface area contributed by atoms with E-state index in [9.17, 15) is 25.0 Å². The SMILES string of the molecule is COC(=O)C(C)Oc1cc(Oc2ccc([N+](=O)[O-])cc2[N+](=O)[O-])ccc1C#N. The maximum atomic E-state index is 11.5. The number of rotatable bonds is 7. The van der Waals surface area contributed by atoms with E-state index in [2.05, 4.69) is 4.74 Å². The van der Waals surface area contributed by atoms with Gasteiger partial charge in [-0.1, -0.05) is 0 Å². The van der Waals surface area contributed by atoms with Gasteiger partial charge in [0.2, 0.25) is 5.75 Å². The number of hydrogen-bond donors (Lipinski definition) is 0. The molecule has 0 N–H and O–H groups in total. The number of non-ortho nitro benzene ring substituents is 1. The monoisotopic (exact) mass is 387 g/mol. The highest BCUT2D eigenvalue weighted by molar-refractivity contribution is 5.74. The van der Waals surface area contributed by atoms with Gasteiger partial charge in [-0.15, -0.1) is 0 Å². The average molecular weight is 387 g/mol. The fraction of sp³-hybridized carbons (Fsp3) is 0.176. The van der Waals surface area contributed by atoms with E-state index in [1.165, 1.54) is 32.2 Å². The number of nitrogens with zero attached hydrogens (tertiary/aromatic N) is 3. The Bertz CT molecular complexity index is 983. The van der Waals surface area contributed by atoms with Gasteiger partial charge in [0.15, 0.2) is 6.10 Å². The number of hydrogen-bond acceptors (Lipinski definition) is 9. The van der Waals surface area contributed by atoms with Crippen LogP contribution in [0.15, 0.2) is 36.4 Å². The van der Waals surface area contributed by atoms with Crippen molar-refractivity contribution in [2.24, 2.45) is 0 Å². The summed E-state index contributed by atoms with van der Waals surface area (Å²) in [4.78, 5) is 31.9. The van der Waals surface area contributed by atoms with E-state index in [4.69, 9.17) is 14.7 Å². The van der Waals surface area contributed by atoms with Crippen LogP contribution in [0.1, 0.15) is 12.5 Å². The highest BCUT2D eigenvalue weighted by Gasteiger charge is 2.22. The molecule has 0 bridgehead atoms. The normalized spacial score (nSPS) is 11.0. The van der Waals surface area contributed by atoms with Crippen molar-refractivity contribution in [3.8, 4) is 23.3 Å². The number of methoxy groups -OCH3 is 1. The van der Waals surface area contributed by atoms with Crippen LogP contribution in [0.2, 0.25) is 0 Å². The van der Waals surface area contributed by atoms with Crippen LogP contribution in [-0.2, 0) is 9.53 Å². The maximum absolute atomic E-state index is 11.5. The highest BCUT2D eigenvalue weighted by atomic mass is 16.6. The maximum Gasteiger partial charge on any atom is 0.346 e. The lowest BCUT2D eigenvalue weighted by Crippen LogP contribution is -2.25. The minimum atomic E-state index is -1.01. The number of carbonyl (C=O) groups excluding carboxylic acids is 1. The van der Waals surface area contributed by atoms with Gasteiger partial charge in [0.1, 0.15) is 17.6 Å². The van der Waals surface area contributed by atoms with Gasteiger partial charge in [0.05, 0.1) is 28.6 Å². The topological polar surface area (TPSA) is 155 Å². The molecule has 0 amide bonds. The van der Waals surface area contributed by atoms with Crippen LogP contribution in [-0.4, -0.2) is 29.0 Å². The molecule has 0 heterocycles. The summed E-state index contributed by atoms with van der Waals surface area (Å²) in [5.41, 5.74) is -0.972. The summed E-state index contributed by atoms with van der Waals surface area (Å²) >= 11 is 0. The quantitative estimate of drug-likeness (QED) is 0.396. The molecule has 0 saturated carbocycles. The molecule has 11 nitrogen and oxygen atoms in total. The Kier molecular flexibility index (Phi) is 6.07. The number of ether oxygens (including phenoxy) is 3. The predicted octanol–water partition coefficient (Wildman–Crippen LogP) is 3.11. The number of carbonyl (C=O) groups is 1. The van der Waals surface area contributed by atoms with Gasteiger partial charge in [-0.3, -0.25) is 20.2 Å². The van der Waals surface area contributed by atoms with Gasteiger partial charge in [0.25, 0.3) is 5.69 Å². The molecule has 0 aliphatic carbocycles. The second-order valence-electron chi connectivity index (χ2n) is 5.32. The molecule has 0 aliphatic rings. The molecule has 28 heavy (non-hydrogen) atoms. The van der Waals surface area contributed by atoms with E-state index in [-0.39, 0.29) is 22.8 Å². The van der Waals surface area contributed by atoms with Gasteiger partial charge in [-0.2, -0.15) is 5.26 Å². The molecule has 1 atom stereocenters. The van der Waals surface area contributed by atoms with Gasteiger partial charge in [-0.25, -0.2) is 4.79 Å². The smallest absolute Gasteiger partial charge is 0.346 e. The number of benzene rings is 2. The first-order valence-corrected chi connectivity index (χ1v) is 7.66. The van der Waals surface area contributed by atoms with Crippen molar-refractivity contribution in [3.63, 3.8) is 0 Å². The van der Waals surface area contributed by atoms with Crippen molar-refractivity contribution in [2.75, 3.05) is 7.11 Å². The average Bonchev–Trinajstić information content (AvgIpc) is 2.67. The predicted molar refractivity (Wildman–Crippen MR) is 93.1 cm³/mol. The standard InChI is InChI=1S/C17H13N3O8/c1-10(17(21)26-2)27-16-8-13(5-3-11(16)9-18)28-15-6-4-12(19(22)23)7-14(15)20(24)25/h3-8,10H,1-2H3. The van der Waals surface area contributed by atoms with Crippen molar-refractivity contribution in [2.45, 2.75) is 13.0 Å². The number of nitro benzene ring substituents is 2. The second kappa shape index (κ2) is 8.45. The van der Waals surface area contributed by atoms with Crippen molar-refractivity contribution in [1.82, 2.24) is 0 Å². The second-order valence-corrected chi connectivity index (χ2v) is 5.32. The number of nitriles is 1. The van der Waals surface area contributed by atoms with Gasteiger partial charge >= 0.3 is 11.7 Å². The molecule has 2 rings (SSSR count). The van der Waals surface area contributed by atoms with Crippen LogP contribution in [0.25, 0.3) is 0 Å². The minimum absolute atomic E-state index is 0.00228. The number of nitro groups is 2. The Morgan fingerprint density at radius 3 is 2.39 bits per heavy atom.